The zero-order valence-electron chi connectivity index (χ0n) is 35.8. The molecule has 5 aromatic rings. The summed E-state index contributed by atoms with van der Waals surface area (Å²) in [5.41, 5.74) is 14.1. The van der Waals surface area contributed by atoms with Crippen molar-refractivity contribution in [3.63, 3.8) is 0 Å². The Morgan fingerprint density at radius 2 is 1.56 bits per heavy atom. The number of aliphatic hydroxyl groups excluding tert-OH is 1. The minimum atomic E-state index is -0.265. The average molecular weight is 855 g/mol. The highest BCUT2D eigenvalue weighted by atomic mass is 16.5. The van der Waals surface area contributed by atoms with E-state index in [1.807, 2.05) is 43.0 Å². The minimum absolute atomic E-state index is 0.000945. The first kappa shape index (κ1) is 42.1. The van der Waals surface area contributed by atoms with Gasteiger partial charge in [0.1, 0.15) is 17.3 Å². The van der Waals surface area contributed by atoms with Gasteiger partial charge in [-0.2, -0.15) is 0 Å². The van der Waals surface area contributed by atoms with Gasteiger partial charge < -0.3 is 40.5 Å². The standard InChI is InChI=1S/C47H54N10O6/c1-29(2)38-18-39(42(60)19-41(38)59)46(62)57-24-33-8-5-31(17-34(33)25-57)22-53-11-12-55(36(26-53)28-58)23-30-3-6-32(7-4-30)45(61)56-10-9-37-40(27-56)51-43(35-20-49-47(48)50-21-35)52-44(37)54-13-15-63-16-14-54/h3-8,17-21,29,36,58-60H,9-16,22-28H2,1-2H3,(H2,48,49,50)/t36-/m0/s1. The van der Waals surface area contributed by atoms with Crippen LogP contribution in [0.5, 0.6) is 11.5 Å². The summed E-state index contributed by atoms with van der Waals surface area (Å²) in [6.45, 7) is 12.1. The van der Waals surface area contributed by atoms with Crippen molar-refractivity contribution in [2.75, 3.05) is 69.7 Å². The Morgan fingerprint density at radius 1 is 0.810 bits per heavy atom. The van der Waals surface area contributed by atoms with Crippen molar-refractivity contribution in [1.29, 1.82) is 0 Å². The fourth-order valence-electron chi connectivity index (χ4n) is 9.20. The molecule has 0 radical (unpaired) electrons. The number of benzene rings is 3. The first-order chi connectivity index (χ1) is 30.5. The van der Waals surface area contributed by atoms with Crippen LogP contribution in [0.3, 0.4) is 0 Å². The molecule has 2 saturated heterocycles. The fraction of sp³-hybridized carbons (Fsp3) is 0.404. The van der Waals surface area contributed by atoms with Gasteiger partial charge >= 0.3 is 0 Å². The molecule has 328 valence electrons. The maximum Gasteiger partial charge on any atom is 0.258 e. The highest BCUT2D eigenvalue weighted by Crippen LogP contribution is 2.35. The van der Waals surface area contributed by atoms with Crippen LogP contribution in [0, 0.1) is 0 Å². The van der Waals surface area contributed by atoms with E-state index in [2.05, 4.69) is 42.9 Å². The summed E-state index contributed by atoms with van der Waals surface area (Å²) >= 11 is 0. The number of carbonyl (C=O) groups is 2. The van der Waals surface area contributed by atoms with Crippen LogP contribution in [0.4, 0.5) is 11.8 Å². The number of nitrogens with zero attached hydrogens (tertiary/aromatic N) is 9. The number of aliphatic hydroxyl groups is 1. The lowest BCUT2D eigenvalue weighted by molar-refractivity contribution is 0.0316. The molecular weight excluding hydrogens is 801 g/mol. The molecule has 0 unspecified atom stereocenters. The van der Waals surface area contributed by atoms with Crippen molar-refractivity contribution in [3.05, 3.63) is 117 Å². The first-order valence-electron chi connectivity index (χ1n) is 21.7. The zero-order chi connectivity index (χ0) is 43.8. The van der Waals surface area contributed by atoms with Crippen LogP contribution < -0.4 is 10.6 Å². The summed E-state index contributed by atoms with van der Waals surface area (Å²) in [4.78, 5) is 56.1. The van der Waals surface area contributed by atoms with E-state index in [1.165, 1.54) is 6.07 Å². The quantitative estimate of drug-likeness (QED) is 0.158. The van der Waals surface area contributed by atoms with E-state index in [1.54, 1.807) is 23.4 Å². The number of morpholine rings is 1. The SMILES string of the molecule is CC(C)c1cc(C(=O)N2Cc3ccc(CN4CCN(Cc5ccc(C(=O)N6CCc7c(nc(-c8cnc(N)nc8)nc7N7CCOCC7)C6)cc5)[C@H](CO)C4)cc3C2)c(O)cc1O. The largest absolute Gasteiger partial charge is 0.508 e. The van der Waals surface area contributed by atoms with Crippen molar-refractivity contribution in [3.8, 4) is 22.9 Å². The van der Waals surface area contributed by atoms with Gasteiger partial charge in [-0.25, -0.2) is 19.9 Å². The number of ether oxygens (including phenoxy) is 1. The maximum absolute atomic E-state index is 13.9. The second kappa shape index (κ2) is 17.9. The summed E-state index contributed by atoms with van der Waals surface area (Å²) < 4.78 is 5.61. The second-order valence-corrected chi connectivity index (χ2v) is 17.3. The van der Waals surface area contributed by atoms with Gasteiger partial charge in [0.05, 0.1) is 43.2 Å². The van der Waals surface area contributed by atoms with Gasteiger partial charge in [0, 0.05) is 101 Å². The van der Waals surface area contributed by atoms with Gasteiger partial charge in [0.15, 0.2) is 5.82 Å². The molecule has 63 heavy (non-hydrogen) atoms. The molecule has 5 N–H and O–H groups in total. The van der Waals surface area contributed by atoms with Crippen molar-refractivity contribution >= 4 is 23.6 Å². The van der Waals surface area contributed by atoms with Crippen molar-refractivity contribution in [2.24, 2.45) is 0 Å². The van der Waals surface area contributed by atoms with Gasteiger partial charge in [0.2, 0.25) is 5.95 Å². The van der Waals surface area contributed by atoms with Crippen LogP contribution in [-0.4, -0.2) is 132 Å². The number of amides is 2. The number of hydrogen-bond donors (Lipinski definition) is 4. The number of piperazine rings is 1. The number of hydrogen-bond acceptors (Lipinski definition) is 14. The normalized spacial score (nSPS) is 18.2. The molecule has 0 spiro atoms. The lowest BCUT2D eigenvalue weighted by Gasteiger charge is -2.41. The number of nitrogens with two attached hydrogens (primary N) is 1. The molecule has 16 nitrogen and oxygen atoms in total. The molecule has 1 atom stereocenters. The summed E-state index contributed by atoms with van der Waals surface area (Å²) in [5.74, 6) is 0.984. The zero-order valence-corrected chi connectivity index (χ0v) is 35.8. The van der Waals surface area contributed by atoms with Gasteiger partial charge in [0.25, 0.3) is 11.8 Å². The number of phenolic OH excluding ortho intramolecular Hbond substituents is 2. The van der Waals surface area contributed by atoms with E-state index in [4.69, 9.17) is 20.4 Å². The number of fused-ring (bicyclic) bond motifs is 2. The third-order valence-corrected chi connectivity index (χ3v) is 12.7. The lowest BCUT2D eigenvalue weighted by atomic mass is 9.98. The van der Waals surface area contributed by atoms with Crippen LogP contribution in [0.25, 0.3) is 11.4 Å². The molecule has 9 rings (SSSR count). The Morgan fingerprint density at radius 3 is 2.30 bits per heavy atom. The van der Waals surface area contributed by atoms with E-state index in [0.29, 0.717) is 81.4 Å². The molecule has 6 heterocycles. The predicted octanol–water partition coefficient (Wildman–Crippen LogP) is 3.92. The number of aromatic nitrogens is 4. The van der Waals surface area contributed by atoms with Crippen LogP contribution in [-0.2, 0) is 43.9 Å². The molecule has 3 aromatic carbocycles. The van der Waals surface area contributed by atoms with Crippen molar-refractivity contribution in [1.82, 2.24) is 39.5 Å². The van der Waals surface area contributed by atoms with Crippen molar-refractivity contribution in [2.45, 2.75) is 65.0 Å². The Bertz CT molecular complexity index is 2490. The van der Waals surface area contributed by atoms with Crippen LogP contribution in [0.15, 0.2) is 67.0 Å². The minimum Gasteiger partial charge on any atom is -0.508 e. The van der Waals surface area contributed by atoms with E-state index in [-0.39, 0.29) is 53.4 Å². The molecule has 2 aromatic heterocycles. The van der Waals surface area contributed by atoms with Crippen LogP contribution in [0.1, 0.15) is 79.6 Å². The topological polar surface area (TPSA) is 198 Å². The number of aromatic hydroxyl groups is 2. The summed E-state index contributed by atoms with van der Waals surface area (Å²) in [7, 11) is 0. The van der Waals surface area contributed by atoms with Gasteiger partial charge in [-0.3, -0.25) is 19.4 Å². The molecule has 0 saturated carbocycles. The molecule has 0 aliphatic carbocycles. The maximum atomic E-state index is 13.9. The van der Waals surface area contributed by atoms with Crippen molar-refractivity contribution < 1.29 is 29.6 Å². The Labute approximate surface area is 366 Å². The molecule has 0 bridgehead atoms. The Balaban J connectivity index is 0.808. The molecule has 2 amide bonds. The predicted molar refractivity (Wildman–Crippen MR) is 236 cm³/mol. The van der Waals surface area contributed by atoms with E-state index < -0.39 is 0 Å². The lowest BCUT2D eigenvalue weighted by Crippen LogP contribution is -2.53. The van der Waals surface area contributed by atoms with E-state index >= 15 is 0 Å². The molecule has 2 fully saturated rings. The van der Waals surface area contributed by atoms with Crippen LogP contribution in [0.2, 0.25) is 0 Å². The van der Waals surface area contributed by atoms with E-state index in [0.717, 1.165) is 72.1 Å². The van der Waals surface area contributed by atoms with Crippen LogP contribution >= 0.6 is 0 Å². The smallest absolute Gasteiger partial charge is 0.258 e. The van der Waals surface area contributed by atoms with E-state index in [9.17, 15) is 24.9 Å². The summed E-state index contributed by atoms with van der Waals surface area (Å²) in [6, 6.07) is 17.0. The highest BCUT2D eigenvalue weighted by Gasteiger charge is 2.32. The molecule has 16 heteroatoms. The highest BCUT2D eigenvalue weighted by molar-refractivity contribution is 5.97. The van der Waals surface area contributed by atoms with Gasteiger partial charge in [-0.1, -0.05) is 44.2 Å². The number of nitrogen functional groups attached to an aromatic ring is 1. The third-order valence-electron chi connectivity index (χ3n) is 12.7. The third kappa shape index (κ3) is 8.89. The Kier molecular flexibility index (Phi) is 12.0. The number of carbonyl (C=O) groups excluding carboxylic acids is 2. The molecular formula is C47H54N10O6. The number of rotatable bonds is 10. The number of anilines is 2. The first-order valence-corrected chi connectivity index (χ1v) is 21.7. The number of phenols is 2. The fourth-order valence-corrected chi connectivity index (χ4v) is 9.20. The Hall–Kier alpha value is -6.20. The summed E-state index contributed by atoms with van der Waals surface area (Å²) in [5, 5.41) is 31.3. The van der Waals surface area contributed by atoms with Gasteiger partial charge in [-0.15, -0.1) is 0 Å². The second-order valence-electron chi connectivity index (χ2n) is 17.3. The monoisotopic (exact) mass is 854 g/mol. The average Bonchev–Trinajstić information content (AvgIpc) is 3.73. The summed E-state index contributed by atoms with van der Waals surface area (Å²) in [6.07, 6.45) is 3.88. The van der Waals surface area contributed by atoms with Gasteiger partial charge in [-0.05, 0) is 58.4 Å². The molecule has 4 aliphatic heterocycles. The molecule has 4 aliphatic rings.